The van der Waals surface area contributed by atoms with Crippen LogP contribution in [0.3, 0.4) is 0 Å². The second-order valence-electron chi connectivity index (χ2n) is 5.67. The van der Waals surface area contributed by atoms with Gasteiger partial charge in [0, 0.05) is 24.7 Å². The normalized spacial score (nSPS) is 14.6. The first-order valence-corrected chi connectivity index (χ1v) is 9.21. The summed E-state index contributed by atoms with van der Waals surface area (Å²) in [5.74, 6) is 0. The Morgan fingerprint density at radius 3 is 2.52 bits per heavy atom. The van der Waals surface area contributed by atoms with Crippen LogP contribution in [0.5, 0.6) is 0 Å². The van der Waals surface area contributed by atoms with Crippen molar-refractivity contribution >= 4 is 21.6 Å². The highest BCUT2D eigenvalue weighted by Gasteiger charge is 2.37. The Bertz CT molecular complexity index is 914. The monoisotopic (exact) mass is 390 g/mol. The number of fused-ring (bicyclic) bond motifs is 1. The molecule has 0 amide bonds. The van der Waals surface area contributed by atoms with Gasteiger partial charge in [-0.05, 0) is 34.9 Å². The Kier molecular flexibility index (Phi) is 4.80. The topological polar surface area (TPSA) is 58.2 Å². The minimum Gasteiger partial charge on any atom is -0.309 e. The number of sulfonamides is 1. The largest absolute Gasteiger partial charge is 0.417 e. The Hall–Kier alpha value is -1.61. The molecular formula is C16H14ClF3N2O2S. The van der Waals surface area contributed by atoms with E-state index in [0.717, 1.165) is 29.8 Å². The lowest BCUT2D eigenvalue weighted by Gasteiger charge is -2.14. The molecule has 1 heterocycles. The molecule has 1 aliphatic heterocycles. The van der Waals surface area contributed by atoms with E-state index in [9.17, 15) is 21.6 Å². The zero-order valence-corrected chi connectivity index (χ0v) is 14.4. The highest BCUT2D eigenvalue weighted by molar-refractivity contribution is 7.89. The minimum absolute atomic E-state index is 0.102. The van der Waals surface area contributed by atoms with Crippen LogP contribution in [-0.2, 0) is 35.8 Å². The predicted molar refractivity (Wildman–Crippen MR) is 87.5 cm³/mol. The molecule has 0 radical (unpaired) electrons. The molecule has 1 aliphatic rings. The SMILES string of the molecule is O=S(=O)(NCc1ccc2c(c1)CNC2)c1ccc(Cl)cc1C(F)(F)F. The fourth-order valence-electron chi connectivity index (χ4n) is 2.67. The van der Waals surface area contributed by atoms with Crippen molar-refractivity contribution in [1.82, 2.24) is 10.0 Å². The van der Waals surface area contributed by atoms with Gasteiger partial charge in [-0.1, -0.05) is 29.8 Å². The molecule has 0 atom stereocenters. The average molecular weight is 391 g/mol. The number of alkyl halides is 3. The number of hydrogen-bond acceptors (Lipinski definition) is 3. The number of nitrogens with one attached hydrogen (secondary N) is 2. The summed E-state index contributed by atoms with van der Waals surface area (Å²) in [6, 6.07) is 8.05. The van der Waals surface area contributed by atoms with Gasteiger partial charge in [0.15, 0.2) is 0 Å². The number of rotatable bonds is 4. The number of benzene rings is 2. The third-order valence-corrected chi connectivity index (χ3v) is 5.60. The van der Waals surface area contributed by atoms with E-state index >= 15 is 0 Å². The molecule has 0 aliphatic carbocycles. The van der Waals surface area contributed by atoms with Crippen LogP contribution in [0.4, 0.5) is 13.2 Å². The van der Waals surface area contributed by atoms with E-state index in [0.29, 0.717) is 18.2 Å². The van der Waals surface area contributed by atoms with Crippen molar-refractivity contribution in [3.8, 4) is 0 Å². The summed E-state index contributed by atoms with van der Waals surface area (Å²) in [5.41, 5.74) is 1.57. The zero-order valence-electron chi connectivity index (χ0n) is 12.8. The van der Waals surface area contributed by atoms with Crippen molar-refractivity contribution in [2.24, 2.45) is 0 Å². The van der Waals surface area contributed by atoms with Gasteiger partial charge < -0.3 is 5.32 Å². The van der Waals surface area contributed by atoms with Crippen LogP contribution < -0.4 is 10.0 Å². The molecule has 0 aromatic heterocycles. The quantitative estimate of drug-likeness (QED) is 0.840. The maximum absolute atomic E-state index is 13.1. The highest BCUT2D eigenvalue weighted by atomic mass is 35.5. The van der Waals surface area contributed by atoms with Crippen LogP contribution >= 0.6 is 11.6 Å². The van der Waals surface area contributed by atoms with E-state index in [1.807, 2.05) is 12.1 Å². The van der Waals surface area contributed by atoms with Gasteiger partial charge in [-0.2, -0.15) is 13.2 Å². The summed E-state index contributed by atoms with van der Waals surface area (Å²) in [7, 11) is -4.35. The van der Waals surface area contributed by atoms with E-state index in [4.69, 9.17) is 11.6 Å². The molecule has 9 heteroatoms. The van der Waals surface area contributed by atoms with Crippen molar-refractivity contribution in [2.45, 2.75) is 30.7 Å². The van der Waals surface area contributed by atoms with Crippen molar-refractivity contribution in [3.63, 3.8) is 0 Å². The van der Waals surface area contributed by atoms with E-state index in [1.165, 1.54) is 0 Å². The first-order chi connectivity index (χ1) is 11.7. The summed E-state index contributed by atoms with van der Waals surface area (Å²) in [4.78, 5) is -0.841. The highest BCUT2D eigenvalue weighted by Crippen LogP contribution is 2.35. The van der Waals surface area contributed by atoms with Crippen molar-refractivity contribution in [2.75, 3.05) is 0 Å². The molecule has 134 valence electrons. The maximum atomic E-state index is 13.1. The van der Waals surface area contributed by atoms with Gasteiger partial charge in [0.1, 0.15) is 0 Å². The van der Waals surface area contributed by atoms with E-state index in [2.05, 4.69) is 10.0 Å². The summed E-state index contributed by atoms with van der Waals surface area (Å²) in [6.07, 6.45) is -4.83. The lowest BCUT2D eigenvalue weighted by atomic mass is 10.1. The second-order valence-corrected chi connectivity index (χ2v) is 7.84. The Balaban J connectivity index is 1.85. The van der Waals surface area contributed by atoms with Gasteiger partial charge in [-0.15, -0.1) is 0 Å². The summed E-state index contributed by atoms with van der Waals surface area (Å²) in [6.45, 7) is 1.34. The number of halogens is 4. The molecule has 4 nitrogen and oxygen atoms in total. The molecule has 0 unspecified atom stereocenters. The second kappa shape index (κ2) is 6.60. The van der Waals surface area contributed by atoms with Crippen LogP contribution in [0.15, 0.2) is 41.3 Å². The summed E-state index contributed by atoms with van der Waals surface area (Å²) >= 11 is 5.58. The Morgan fingerprint density at radius 1 is 1.08 bits per heavy atom. The molecular weight excluding hydrogens is 377 g/mol. The van der Waals surface area contributed by atoms with Crippen molar-refractivity contribution in [1.29, 1.82) is 0 Å². The van der Waals surface area contributed by atoms with Gasteiger partial charge in [-0.25, -0.2) is 13.1 Å². The molecule has 3 rings (SSSR count). The lowest BCUT2D eigenvalue weighted by Crippen LogP contribution is -2.26. The molecule has 0 saturated carbocycles. The lowest BCUT2D eigenvalue weighted by molar-refractivity contribution is -0.139. The van der Waals surface area contributed by atoms with Crippen LogP contribution in [-0.4, -0.2) is 8.42 Å². The molecule has 0 fully saturated rings. The number of hydrogen-bond donors (Lipinski definition) is 2. The van der Waals surface area contributed by atoms with Crippen molar-refractivity contribution in [3.05, 3.63) is 63.7 Å². The van der Waals surface area contributed by atoms with E-state index in [1.54, 1.807) is 6.07 Å². The molecule has 0 bridgehead atoms. The molecule has 0 saturated heterocycles. The maximum Gasteiger partial charge on any atom is 0.417 e. The molecule has 2 aromatic rings. The fourth-order valence-corrected chi connectivity index (χ4v) is 4.07. The van der Waals surface area contributed by atoms with Crippen LogP contribution in [0.1, 0.15) is 22.3 Å². The van der Waals surface area contributed by atoms with Gasteiger partial charge in [0.2, 0.25) is 10.0 Å². The molecule has 25 heavy (non-hydrogen) atoms. The van der Waals surface area contributed by atoms with Gasteiger partial charge in [-0.3, -0.25) is 0 Å². The molecule has 2 aromatic carbocycles. The molecule has 2 N–H and O–H groups in total. The standard InChI is InChI=1S/C16H14ClF3N2O2S/c17-13-3-4-15(14(6-13)16(18,19)20)25(23,24)22-7-10-1-2-11-8-21-9-12(11)5-10/h1-6,21-22H,7-9H2. The Morgan fingerprint density at radius 2 is 1.80 bits per heavy atom. The van der Waals surface area contributed by atoms with Gasteiger partial charge in [0.25, 0.3) is 0 Å². The summed E-state index contributed by atoms with van der Waals surface area (Å²) in [5, 5.41) is 2.98. The third kappa shape index (κ3) is 3.98. The van der Waals surface area contributed by atoms with Crippen LogP contribution in [0, 0.1) is 0 Å². The fraction of sp³-hybridized carbons (Fsp3) is 0.250. The first kappa shape index (κ1) is 18.2. The van der Waals surface area contributed by atoms with E-state index < -0.39 is 26.7 Å². The summed E-state index contributed by atoms with van der Waals surface area (Å²) < 4.78 is 66.3. The van der Waals surface area contributed by atoms with E-state index in [-0.39, 0.29) is 11.6 Å². The average Bonchev–Trinajstić information content (AvgIpc) is 2.99. The minimum atomic E-state index is -4.83. The Labute approximate surface area is 148 Å². The molecule has 0 spiro atoms. The predicted octanol–water partition coefficient (Wildman–Crippen LogP) is 3.44. The van der Waals surface area contributed by atoms with Gasteiger partial charge >= 0.3 is 6.18 Å². The van der Waals surface area contributed by atoms with Gasteiger partial charge in [0.05, 0.1) is 10.5 Å². The zero-order chi connectivity index (χ0) is 18.2. The third-order valence-electron chi connectivity index (χ3n) is 3.90. The van der Waals surface area contributed by atoms with Crippen LogP contribution in [0.2, 0.25) is 5.02 Å². The first-order valence-electron chi connectivity index (χ1n) is 7.34. The smallest absolute Gasteiger partial charge is 0.309 e. The van der Waals surface area contributed by atoms with Crippen LogP contribution in [0.25, 0.3) is 0 Å². The van der Waals surface area contributed by atoms with Crippen molar-refractivity contribution < 1.29 is 21.6 Å².